The lowest BCUT2D eigenvalue weighted by Crippen LogP contribution is -2.48. The van der Waals surface area contributed by atoms with E-state index in [0.29, 0.717) is 30.7 Å². The van der Waals surface area contributed by atoms with E-state index in [0.717, 1.165) is 31.6 Å². The molecular formula is C26H32N2O3. The Bertz CT molecular complexity index is 977. The summed E-state index contributed by atoms with van der Waals surface area (Å²) in [6.07, 6.45) is 2.88. The zero-order valence-corrected chi connectivity index (χ0v) is 18.4. The molecule has 5 heteroatoms. The van der Waals surface area contributed by atoms with E-state index >= 15 is 0 Å². The highest BCUT2D eigenvalue weighted by atomic mass is 16.4. The average Bonchev–Trinajstić information content (AvgIpc) is 3.15. The summed E-state index contributed by atoms with van der Waals surface area (Å²) in [5.41, 5.74) is 8.83. The lowest BCUT2D eigenvalue weighted by molar-refractivity contribution is -0.149. The number of nitrogens with zero attached hydrogens (tertiary/aromatic N) is 1. The van der Waals surface area contributed by atoms with Gasteiger partial charge in [0.05, 0.1) is 5.41 Å². The van der Waals surface area contributed by atoms with Gasteiger partial charge >= 0.3 is 5.97 Å². The monoisotopic (exact) mass is 420 g/mol. The van der Waals surface area contributed by atoms with Crippen molar-refractivity contribution >= 4 is 11.9 Å². The summed E-state index contributed by atoms with van der Waals surface area (Å²) >= 11 is 0. The second-order valence-corrected chi connectivity index (χ2v) is 9.77. The van der Waals surface area contributed by atoms with Crippen molar-refractivity contribution in [1.29, 1.82) is 0 Å². The van der Waals surface area contributed by atoms with Gasteiger partial charge in [-0.05, 0) is 78.9 Å². The van der Waals surface area contributed by atoms with E-state index in [4.69, 9.17) is 5.73 Å². The molecule has 1 fully saturated rings. The van der Waals surface area contributed by atoms with Gasteiger partial charge in [-0.2, -0.15) is 0 Å². The van der Waals surface area contributed by atoms with Gasteiger partial charge in [-0.1, -0.05) is 50.2 Å². The first-order chi connectivity index (χ1) is 14.7. The molecule has 2 atom stereocenters. The number of carbonyl (C=O) groups is 2. The van der Waals surface area contributed by atoms with Gasteiger partial charge in [0.15, 0.2) is 0 Å². The number of primary amides is 1. The summed E-state index contributed by atoms with van der Waals surface area (Å²) in [5, 5.41) is 10.1. The van der Waals surface area contributed by atoms with Gasteiger partial charge in [0.1, 0.15) is 0 Å². The van der Waals surface area contributed by atoms with Crippen molar-refractivity contribution < 1.29 is 14.7 Å². The van der Waals surface area contributed by atoms with E-state index in [2.05, 4.69) is 36.9 Å². The maximum absolute atomic E-state index is 12.2. The van der Waals surface area contributed by atoms with Gasteiger partial charge in [0, 0.05) is 12.1 Å². The number of nitrogens with two attached hydrogens (primary N) is 1. The third-order valence-electron chi connectivity index (χ3n) is 7.91. The highest BCUT2D eigenvalue weighted by Crippen LogP contribution is 2.42. The lowest BCUT2D eigenvalue weighted by Gasteiger charge is -2.45. The van der Waals surface area contributed by atoms with Gasteiger partial charge in [-0.25, -0.2) is 0 Å². The second kappa shape index (κ2) is 8.12. The highest BCUT2D eigenvalue weighted by Gasteiger charge is 2.45. The Hall–Kier alpha value is -2.66. The van der Waals surface area contributed by atoms with Crippen LogP contribution in [0.5, 0.6) is 0 Å². The van der Waals surface area contributed by atoms with E-state index in [1.165, 1.54) is 11.1 Å². The first kappa shape index (κ1) is 21.6. The molecule has 2 aromatic rings. The van der Waals surface area contributed by atoms with E-state index in [1.807, 2.05) is 24.3 Å². The summed E-state index contributed by atoms with van der Waals surface area (Å²) in [6, 6.07) is 15.8. The van der Waals surface area contributed by atoms with Crippen LogP contribution in [0.1, 0.15) is 53.7 Å². The Labute approximate surface area is 184 Å². The molecule has 1 aliphatic carbocycles. The summed E-state index contributed by atoms with van der Waals surface area (Å²) < 4.78 is 0. The van der Waals surface area contributed by atoms with Crippen LogP contribution < -0.4 is 5.73 Å². The summed E-state index contributed by atoms with van der Waals surface area (Å²) in [4.78, 5) is 26.3. The molecule has 1 saturated heterocycles. The molecule has 164 valence electrons. The molecule has 31 heavy (non-hydrogen) atoms. The normalized spacial score (nSPS) is 25.2. The molecule has 0 aromatic heterocycles. The van der Waals surface area contributed by atoms with Crippen LogP contribution >= 0.6 is 0 Å². The Kier molecular flexibility index (Phi) is 5.65. The topological polar surface area (TPSA) is 83.6 Å². The molecule has 1 amide bonds. The fraction of sp³-hybridized carbons (Fsp3) is 0.462. The molecule has 1 heterocycles. The van der Waals surface area contributed by atoms with Crippen LogP contribution in [-0.2, 0) is 23.1 Å². The number of carboxylic acids is 1. The highest BCUT2D eigenvalue weighted by molar-refractivity contribution is 5.93. The second-order valence-electron chi connectivity index (χ2n) is 9.77. The number of hydrogen-bond donors (Lipinski definition) is 2. The number of rotatable bonds is 6. The molecule has 2 aromatic carbocycles. The van der Waals surface area contributed by atoms with Gasteiger partial charge in [-0.15, -0.1) is 0 Å². The molecule has 0 spiro atoms. The molecule has 4 rings (SSSR count). The number of aliphatic carboxylic acids is 1. The van der Waals surface area contributed by atoms with E-state index < -0.39 is 17.3 Å². The maximum Gasteiger partial charge on any atom is 0.310 e. The van der Waals surface area contributed by atoms with Gasteiger partial charge in [0.25, 0.3) is 0 Å². The Morgan fingerprint density at radius 3 is 2.39 bits per heavy atom. The number of amides is 1. The molecular weight excluding hydrogens is 388 g/mol. The number of hydrogen-bond acceptors (Lipinski definition) is 3. The Morgan fingerprint density at radius 1 is 1.13 bits per heavy atom. The minimum Gasteiger partial charge on any atom is -0.481 e. The Balaban J connectivity index is 1.43. The summed E-state index contributed by atoms with van der Waals surface area (Å²) in [6.45, 7) is 7.15. The van der Waals surface area contributed by atoms with Crippen molar-refractivity contribution in [2.24, 2.45) is 17.1 Å². The zero-order valence-electron chi connectivity index (χ0n) is 18.4. The SMILES string of the molecule is C[C@H]1CN(CCC2(C(=O)O)Cc3ccccc3C2)CC[C@]1(C)c1cccc(C(N)=O)c1. The predicted molar refractivity (Wildman–Crippen MR) is 121 cm³/mol. The van der Waals surface area contributed by atoms with Crippen molar-refractivity contribution in [3.8, 4) is 0 Å². The molecule has 0 radical (unpaired) electrons. The van der Waals surface area contributed by atoms with Crippen molar-refractivity contribution in [1.82, 2.24) is 4.90 Å². The van der Waals surface area contributed by atoms with Crippen LogP contribution in [0.3, 0.4) is 0 Å². The number of likely N-dealkylation sites (tertiary alicyclic amines) is 1. The summed E-state index contributed by atoms with van der Waals surface area (Å²) in [7, 11) is 0. The van der Waals surface area contributed by atoms with Crippen LogP contribution in [-0.4, -0.2) is 41.5 Å². The fourth-order valence-corrected chi connectivity index (χ4v) is 5.48. The molecule has 5 nitrogen and oxygen atoms in total. The third kappa shape index (κ3) is 3.99. The number of carboxylic acid groups (broad SMARTS) is 1. The maximum atomic E-state index is 12.2. The van der Waals surface area contributed by atoms with Crippen molar-refractivity contribution in [2.75, 3.05) is 19.6 Å². The van der Waals surface area contributed by atoms with E-state index in [9.17, 15) is 14.7 Å². The molecule has 0 bridgehead atoms. The van der Waals surface area contributed by atoms with Crippen LogP contribution in [0.25, 0.3) is 0 Å². The van der Waals surface area contributed by atoms with Crippen molar-refractivity contribution in [2.45, 2.75) is 44.9 Å². The molecule has 3 N–H and O–H groups in total. The van der Waals surface area contributed by atoms with Gasteiger partial charge in [0.2, 0.25) is 5.91 Å². The van der Waals surface area contributed by atoms with Crippen LogP contribution in [0.4, 0.5) is 0 Å². The van der Waals surface area contributed by atoms with E-state index in [1.54, 1.807) is 6.07 Å². The van der Waals surface area contributed by atoms with Gasteiger partial charge in [-0.3, -0.25) is 9.59 Å². The summed E-state index contributed by atoms with van der Waals surface area (Å²) in [5.74, 6) is -0.695. The number of piperidine rings is 1. The van der Waals surface area contributed by atoms with Crippen LogP contribution in [0, 0.1) is 11.3 Å². The minimum absolute atomic E-state index is 0.0317. The predicted octanol–water partition coefficient (Wildman–Crippen LogP) is 3.64. The minimum atomic E-state index is -0.691. The van der Waals surface area contributed by atoms with Crippen molar-refractivity contribution in [3.63, 3.8) is 0 Å². The first-order valence-corrected chi connectivity index (χ1v) is 11.2. The molecule has 1 aliphatic heterocycles. The first-order valence-electron chi connectivity index (χ1n) is 11.2. The zero-order chi connectivity index (χ0) is 22.2. The number of carbonyl (C=O) groups excluding carboxylic acids is 1. The van der Waals surface area contributed by atoms with Crippen LogP contribution in [0.2, 0.25) is 0 Å². The Morgan fingerprint density at radius 2 is 1.81 bits per heavy atom. The standard InChI is InChI=1S/C26H32N2O3/c1-18-17-28(12-10-25(18,2)22-9-5-8-19(14-22)23(27)29)13-11-26(24(30)31)15-20-6-3-4-7-21(20)16-26/h3-9,14,18H,10-13,15-17H2,1-2H3,(H2,27,29)(H,30,31)/t18-,25-/m0/s1. The van der Waals surface area contributed by atoms with Crippen molar-refractivity contribution in [3.05, 3.63) is 70.8 Å². The molecule has 2 aliphatic rings. The smallest absolute Gasteiger partial charge is 0.310 e. The van der Waals surface area contributed by atoms with E-state index in [-0.39, 0.29) is 5.41 Å². The average molecular weight is 421 g/mol. The third-order valence-corrected chi connectivity index (χ3v) is 7.91. The number of fused-ring (bicyclic) bond motifs is 1. The molecule has 0 saturated carbocycles. The largest absolute Gasteiger partial charge is 0.481 e. The quantitative estimate of drug-likeness (QED) is 0.747. The lowest BCUT2D eigenvalue weighted by atomic mass is 9.67. The number of benzene rings is 2. The fourth-order valence-electron chi connectivity index (χ4n) is 5.48. The van der Waals surface area contributed by atoms with Gasteiger partial charge < -0.3 is 15.7 Å². The van der Waals surface area contributed by atoms with Crippen LogP contribution in [0.15, 0.2) is 48.5 Å². The molecule has 0 unspecified atom stereocenters.